The molecule has 6 nitrogen and oxygen atoms in total. The molecule has 0 atom stereocenters. The molecule has 0 saturated carbocycles. The lowest BCUT2D eigenvalue weighted by molar-refractivity contribution is 0.0735. The van der Waals surface area contributed by atoms with Gasteiger partial charge in [-0.3, -0.25) is 9.20 Å². The van der Waals surface area contributed by atoms with Crippen LogP contribution in [-0.4, -0.2) is 51.6 Å². The molecule has 1 N–H and O–H groups in total. The molecule has 1 aliphatic heterocycles. The van der Waals surface area contributed by atoms with Gasteiger partial charge in [-0.2, -0.15) is 0 Å². The number of fused-ring (bicyclic) bond motifs is 1. The van der Waals surface area contributed by atoms with Crippen LogP contribution in [-0.2, 0) is 0 Å². The molecule has 0 radical (unpaired) electrons. The molecule has 0 unspecified atom stereocenters. The zero-order valence-electron chi connectivity index (χ0n) is 11.8. The first-order chi connectivity index (χ1) is 9.66. The molecule has 2 aromatic rings. The summed E-state index contributed by atoms with van der Waals surface area (Å²) in [5, 5.41) is 11.6. The second kappa shape index (κ2) is 5.20. The van der Waals surface area contributed by atoms with Crippen LogP contribution in [0, 0.1) is 0 Å². The highest BCUT2D eigenvalue weighted by Gasteiger charge is 2.19. The van der Waals surface area contributed by atoms with E-state index in [9.17, 15) is 4.79 Å². The molecular formula is C14H19N5O. The van der Waals surface area contributed by atoms with E-state index < -0.39 is 0 Å². The first-order valence-electron chi connectivity index (χ1n) is 7.01. The van der Waals surface area contributed by atoms with Crippen LogP contribution in [0.25, 0.3) is 5.65 Å². The van der Waals surface area contributed by atoms with Crippen LogP contribution >= 0.6 is 0 Å². The molecule has 1 aliphatic rings. The first kappa shape index (κ1) is 13.1. The quantitative estimate of drug-likeness (QED) is 0.883. The molecule has 6 heteroatoms. The molecule has 3 rings (SSSR count). The van der Waals surface area contributed by atoms with Gasteiger partial charge in [0.05, 0.1) is 5.56 Å². The Bertz CT molecular complexity index is 628. The smallest absolute Gasteiger partial charge is 0.255 e. The Hall–Kier alpha value is -1.95. The summed E-state index contributed by atoms with van der Waals surface area (Å²) in [6, 6.07) is 3.69. The highest BCUT2D eigenvalue weighted by atomic mass is 16.2. The van der Waals surface area contributed by atoms with Crippen molar-refractivity contribution in [3.8, 4) is 0 Å². The number of piperazine rings is 1. The lowest BCUT2D eigenvalue weighted by Gasteiger charge is -2.27. The van der Waals surface area contributed by atoms with Crippen LogP contribution < -0.4 is 5.32 Å². The van der Waals surface area contributed by atoms with Crippen molar-refractivity contribution >= 4 is 11.6 Å². The minimum Gasteiger partial charge on any atom is -0.336 e. The number of carbonyl (C=O) groups excluding carboxylic acids is 1. The monoisotopic (exact) mass is 273 g/mol. The lowest BCUT2D eigenvalue weighted by Crippen LogP contribution is -2.46. The summed E-state index contributed by atoms with van der Waals surface area (Å²) in [5.74, 6) is 1.24. The zero-order chi connectivity index (χ0) is 14.1. The van der Waals surface area contributed by atoms with Crippen molar-refractivity contribution in [2.24, 2.45) is 0 Å². The van der Waals surface area contributed by atoms with Crippen LogP contribution in [0.1, 0.15) is 35.9 Å². The number of amides is 1. The van der Waals surface area contributed by atoms with E-state index >= 15 is 0 Å². The summed E-state index contributed by atoms with van der Waals surface area (Å²) >= 11 is 0. The van der Waals surface area contributed by atoms with Crippen molar-refractivity contribution in [2.45, 2.75) is 19.8 Å². The van der Waals surface area contributed by atoms with Crippen molar-refractivity contribution < 1.29 is 4.79 Å². The van der Waals surface area contributed by atoms with E-state index in [-0.39, 0.29) is 11.8 Å². The molecular weight excluding hydrogens is 254 g/mol. The molecule has 2 aromatic heterocycles. The van der Waals surface area contributed by atoms with Gasteiger partial charge in [0, 0.05) is 38.3 Å². The van der Waals surface area contributed by atoms with E-state index in [0.717, 1.165) is 37.7 Å². The van der Waals surface area contributed by atoms with Gasteiger partial charge in [-0.1, -0.05) is 13.8 Å². The predicted octanol–water partition coefficient (Wildman–Crippen LogP) is 0.898. The minimum atomic E-state index is 0.0804. The van der Waals surface area contributed by atoms with Gasteiger partial charge in [0.15, 0.2) is 5.65 Å². The third-order valence-corrected chi connectivity index (χ3v) is 3.60. The molecule has 1 amide bonds. The van der Waals surface area contributed by atoms with Gasteiger partial charge in [0.1, 0.15) is 5.82 Å². The van der Waals surface area contributed by atoms with Gasteiger partial charge >= 0.3 is 0 Å². The van der Waals surface area contributed by atoms with Crippen molar-refractivity contribution in [1.82, 2.24) is 24.8 Å². The number of nitrogens with zero attached hydrogens (tertiary/aromatic N) is 4. The molecule has 0 bridgehead atoms. The van der Waals surface area contributed by atoms with Gasteiger partial charge in [0.2, 0.25) is 0 Å². The standard InChI is InChI=1S/C14H19N5O/c1-10(2)13-17-16-12-4-3-11(9-19(12)13)14(20)18-7-5-15-6-8-18/h3-4,9-10,15H,5-8H2,1-2H3. The summed E-state index contributed by atoms with van der Waals surface area (Å²) in [6.07, 6.45) is 1.86. The number of pyridine rings is 1. The molecule has 0 aromatic carbocycles. The van der Waals surface area contributed by atoms with E-state index in [1.165, 1.54) is 0 Å². The van der Waals surface area contributed by atoms with E-state index in [4.69, 9.17) is 0 Å². The maximum absolute atomic E-state index is 12.5. The number of nitrogens with one attached hydrogen (secondary N) is 1. The van der Waals surface area contributed by atoms with Gasteiger partial charge in [0.25, 0.3) is 5.91 Å². The Morgan fingerprint density at radius 1 is 1.25 bits per heavy atom. The molecule has 0 spiro atoms. The SMILES string of the molecule is CC(C)c1nnc2ccc(C(=O)N3CCNCC3)cn12. The lowest BCUT2D eigenvalue weighted by atomic mass is 10.2. The van der Waals surface area contributed by atoms with Crippen molar-refractivity contribution in [3.63, 3.8) is 0 Å². The third-order valence-electron chi connectivity index (χ3n) is 3.60. The van der Waals surface area contributed by atoms with E-state index in [1.54, 1.807) is 0 Å². The minimum absolute atomic E-state index is 0.0804. The van der Waals surface area contributed by atoms with Crippen molar-refractivity contribution in [3.05, 3.63) is 29.7 Å². The number of rotatable bonds is 2. The van der Waals surface area contributed by atoms with Gasteiger partial charge in [-0.15, -0.1) is 10.2 Å². The number of hydrogen-bond acceptors (Lipinski definition) is 4. The largest absolute Gasteiger partial charge is 0.336 e. The second-order valence-electron chi connectivity index (χ2n) is 5.40. The number of carbonyl (C=O) groups is 1. The van der Waals surface area contributed by atoms with Crippen LogP contribution in [0.5, 0.6) is 0 Å². The molecule has 0 aliphatic carbocycles. The van der Waals surface area contributed by atoms with E-state index in [0.29, 0.717) is 5.56 Å². The predicted molar refractivity (Wildman–Crippen MR) is 75.8 cm³/mol. The summed E-state index contributed by atoms with van der Waals surface area (Å²) in [5.41, 5.74) is 1.48. The highest BCUT2D eigenvalue weighted by Crippen LogP contribution is 2.15. The topological polar surface area (TPSA) is 62.5 Å². The molecule has 1 fully saturated rings. The maximum atomic E-state index is 12.5. The van der Waals surface area contributed by atoms with E-state index in [1.807, 2.05) is 27.6 Å². The second-order valence-corrected chi connectivity index (χ2v) is 5.40. The Kier molecular flexibility index (Phi) is 3.40. The summed E-state index contributed by atoms with van der Waals surface area (Å²) in [6.45, 7) is 7.38. The Balaban J connectivity index is 1.95. The van der Waals surface area contributed by atoms with Crippen molar-refractivity contribution in [2.75, 3.05) is 26.2 Å². The van der Waals surface area contributed by atoms with Crippen LogP contribution in [0.15, 0.2) is 18.3 Å². The normalized spacial score (nSPS) is 16.1. The fourth-order valence-corrected chi connectivity index (χ4v) is 2.48. The molecule has 1 saturated heterocycles. The van der Waals surface area contributed by atoms with Crippen molar-refractivity contribution in [1.29, 1.82) is 0 Å². The Morgan fingerprint density at radius 3 is 2.70 bits per heavy atom. The molecule has 3 heterocycles. The number of aromatic nitrogens is 3. The fourth-order valence-electron chi connectivity index (χ4n) is 2.48. The first-order valence-corrected chi connectivity index (χ1v) is 7.01. The molecule has 20 heavy (non-hydrogen) atoms. The fraction of sp³-hybridized carbons (Fsp3) is 0.500. The average molecular weight is 273 g/mol. The van der Waals surface area contributed by atoms with Gasteiger partial charge in [-0.25, -0.2) is 0 Å². The summed E-state index contributed by atoms with van der Waals surface area (Å²) < 4.78 is 1.92. The Labute approximate surface area is 117 Å². The van der Waals surface area contributed by atoms with Crippen LogP contribution in [0.4, 0.5) is 0 Å². The third kappa shape index (κ3) is 2.27. The van der Waals surface area contributed by atoms with Gasteiger partial charge in [-0.05, 0) is 12.1 Å². The summed E-state index contributed by atoms with van der Waals surface area (Å²) in [4.78, 5) is 14.4. The maximum Gasteiger partial charge on any atom is 0.255 e. The zero-order valence-corrected chi connectivity index (χ0v) is 11.8. The average Bonchev–Trinajstić information content (AvgIpc) is 2.90. The van der Waals surface area contributed by atoms with Crippen LogP contribution in [0.2, 0.25) is 0 Å². The van der Waals surface area contributed by atoms with Gasteiger partial charge < -0.3 is 10.2 Å². The molecule has 106 valence electrons. The number of hydrogen-bond donors (Lipinski definition) is 1. The highest BCUT2D eigenvalue weighted by molar-refractivity contribution is 5.94. The van der Waals surface area contributed by atoms with Crippen LogP contribution in [0.3, 0.4) is 0 Å². The van der Waals surface area contributed by atoms with E-state index in [2.05, 4.69) is 29.4 Å². The Morgan fingerprint density at radius 2 is 2.00 bits per heavy atom. The summed E-state index contributed by atoms with van der Waals surface area (Å²) in [7, 11) is 0.